The third kappa shape index (κ3) is 8.36. The van der Waals surface area contributed by atoms with Gasteiger partial charge in [0.25, 0.3) is 0 Å². The van der Waals surface area contributed by atoms with E-state index >= 15 is 0 Å². The van der Waals surface area contributed by atoms with Gasteiger partial charge in [0, 0.05) is 47.4 Å². The van der Waals surface area contributed by atoms with E-state index in [9.17, 15) is 21.0 Å². The smallest absolute Gasteiger partial charge is 0.146 e. The van der Waals surface area contributed by atoms with Gasteiger partial charge in [0.05, 0.1) is 9.06 Å². The number of thiophene rings is 6. The van der Waals surface area contributed by atoms with Gasteiger partial charge in [-0.1, -0.05) is 66.7 Å². The summed E-state index contributed by atoms with van der Waals surface area (Å²) in [5.74, 6) is 0. The average Bonchev–Trinajstić information content (AvgIpc) is 4.14. The van der Waals surface area contributed by atoms with Crippen molar-refractivity contribution in [2.24, 2.45) is 0 Å². The molecule has 0 amide bonds. The van der Waals surface area contributed by atoms with Crippen molar-refractivity contribution >= 4 is 122 Å². The Hall–Kier alpha value is -6.44. The lowest BCUT2D eigenvalue weighted by atomic mass is 9.88. The Morgan fingerprint density at radius 3 is 1.50 bits per heavy atom. The second-order valence-electron chi connectivity index (χ2n) is 13.7. The number of nitriles is 4. The normalized spacial score (nSPS) is 11.9. The average molecular weight is 877 g/mol. The molecule has 0 atom stereocenters. The van der Waals surface area contributed by atoms with Gasteiger partial charge < -0.3 is 0 Å². The minimum absolute atomic E-state index is 0.147. The summed E-state index contributed by atoms with van der Waals surface area (Å²) in [4.78, 5) is 4.86. The van der Waals surface area contributed by atoms with Gasteiger partial charge >= 0.3 is 0 Å². The molecule has 0 N–H and O–H groups in total. The zero-order valence-corrected chi connectivity index (χ0v) is 36.4. The fourth-order valence-corrected chi connectivity index (χ4v) is 13.6. The lowest BCUT2D eigenvalue weighted by Crippen LogP contribution is -1.97. The third-order valence-electron chi connectivity index (χ3n) is 9.80. The molecule has 0 radical (unpaired) electrons. The van der Waals surface area contributed by atoms with Crippen LogP contribution in [0.3, 0.4) is 0 Å². The Labute approximate surface area is 369 Å². The summed E-state index contributed by atoms with van der Waals surface area (Å²) < 4.78 is 8.47. The quantitative estimate of drug-likeness (QED) is 0.144. The molecular formula is C50H28N4S6. The van der Waals surface area contributed by atoms with Crippen molar-refractivity contribution in [3.05, 3.63) is 170 Å². The number of benzene rings is 3. The van der Waals surface area contributed by atoms with E-state index < -0.39 is 0 Å². The van der Waals surface area contributed by atoms with Gasteiger partial charge in [-0.15, -0.1) is 68.0 Å². The third-order valence-corrected chi connectivity index (χ3v) is 16.4. The molecular weight excluding hydrogens is 849 g/mol. The van der Waals surface area contributed by atoms with Gasteiger partial charge in [0.15, 0.2) is 0 Å². The highest BCUT2D eigenvalue weighted by atomic mass is 32.1. The molecule has 6 heterocycles. The number of hydrogen-bond acceptors (Lipinski definition) is 10. The highest BCUT2D eigenvalue weighted by Crippen LogP contribution is 2.39. The fourth-order valence-electron chi connectivity index (χ4n) is 7.00. The minimum Gasteiger partial charge on any atom is -0.192 e. The lowest BCUT2D eigenvalue weighted by molar-refractivity contribution is 0.984. The zero-order chi connectivity index (χ0) is 41.0. The van der Waals surface area contributed by atoms with Crippen LogP contribution >= 0.6 is 68.0 Å². The molecule has 9 aromatic rings. The first kappa shape index (κ1) is 39.0. The molecule has 0 aliphatic carbocycles. The van der Waals surface area contributed by atoms with Crippen molar-refractivity contribution in [3.8, 4) is 46.5 Å². The lowest BCUT2D eigenvalue weighted by Gasteiger charge is -2.16. The van der Waals surface area contributed by atoms with Crippen LogP contribution < -0.4 is 18.1 Å². The minimum atomic E-state index is 0.147. The van der Waals surface area contributed by atoms with E-state index in [1.807, 2.05) is 59.9 Å². The van der Waals surface area contributed by atoms with E-state index in [1.54, 1.807) is 34.0 Å². The molecule has 9 rings (SSSR count). The van der Waals surface area contributed by atoms with Gasteiger partial charge in [0.2, 0.25) is 0 Å². The molecule has 0 aliphatic heterocycles. The Morgan fingerprint density at radius 1 is 0.450 bits per heavy atom. The van der Waals surface area contributed by atoms with Gasteiger partial charge in [0.1, 0.15) is 35.4 Å². The first-order valence-corrected chi connectivity index (χ1v) is 23.6. The topological polar surface area (TPSA) is 95.2 Å². The van der Waals surface area contributed by atoms with Crippen molar-refractivity contribution in [3.63, 3.8) is 0 Å². The Morgan fingerprint density at radius 2 is 0.950 bits per heavy atom. The summed E-state index contributed by atoms with van der Waals surface area (Å²) in [6.07, 6.45) is 10.6. The highest BCUT2D eigenvalue weighted by molar-refractivity contribution is 7.29. The predicted molar refractivity (Wildman–Crippen MR) is 257 cm³/mol. The molecule has 284 valence electrons. The van der Waals surface area contributed by atoms with Crippen molar-refractivity contribution in [1.29, 1.82) is 21.0 Å². The number of nitrogens with zero attached hydrogens (tertiary/aromatic N) is 4. The molecule has 10 heteroatoms. The molecule has 0 aliphatic rings. The van der Waals surface area contributed by atoms with Crippen LogP contribution in [0, 0.1) is 45.3 Å². The summed E-state index contributed by atoms with van der Waals surface area (Å²) in [6.45, 7) is 0. The second-order valence-corrected chi connectivity index (χ2v) is 20.4. The fraction of sp³-hybridized carbons (Fsp3) is 0.0400. The first-order valence-electron chi connectivity index (χ1n) is 18.7. The molecule has 0 fully saturated rings. The molecule has 60 heavy (non-hydrogen) atoms. The van der Waals surface area contributed by atoms with Crippen LogP contribution in [0.2, 0.25) is 0 Å². The summed E-state index contributed by atoms with van der Waals surface area (Å²) >= 11 is 10.1. The van der Waals surface area contributed by atoms with Crippen molar-refractivity contribution < 1.29 is 0 Å². The standard InChI is InChI=1S/C50H28N4S6/c51-27-35(28-52)45-17-15-37(55-45)21-41-25-49-47(59-41)23-39(57-49)13-11-33-20-44(32-9-5-2-6-10-32)34(19-43(33)31-7-3-1-4-8-31)12-14-40-24-48-50(58-40)26-42(60-48)22-38-16-18-46(56-38)36(29-53)30-54/h1-11,13,15-26H,12,14H2/b13-11+,37-21-,38-22-. The number of hydrogen-bond donors (Lipinski definition) is 0. The van der Waals surface area contributed by atoms with Crippen LogP contribution in [0.1, 0.15) is 30.6 Å². The van der Waals surface area contributed by atoms with Crippen LogP contribution in [0.4, 0.5) is 0 Å². The Balaban J connectivity index is 1.01. The van der Waals surface area contributed by atoms with Gasteiger partial charge in [-0.25, -0.2) is 0 Å². The molecule has 3 aromatic carbocycles. The molecule has 0 unspecified atom stereocenters. The number of aryl methyl sites for hydroxylation is 2. The van der Waals surface area contributed by atoms with E-state index in [0.717, 1.165) is 31.7 Å². The highest BCUT2D eigenvalue weighted by Gasteiger charge is 2.15. The van der Waals surface area contributed by atoms with Crippen LogP contribution in [-0.4, -0.2) is 0 Å². The van der Waals surface area contributed by atoms with Crippen LogP contribution in [0.15, 0.2) is 121 Å². The van der Waals surface area contributed by atoms with Crippen LogP contribution in [0.5, 0.6) is 0 Å². The molecule has 0 bridgehead atoms. The van der Waals surface area contributed by atoms with Gasteiger partial charge in [-0.3, -0.25) is 0 Å². The summed E-state index contributed by atoms with van der Waals surface area (Å²) in [7, 11) is 0. The largest absolute Gasteiger partial charge is 0.192 e. The SMILES string of the molecule is N#CC(C#N)=c1cc/c(=C/c2cc3sc(/C=C/c4cc(-c5ccccc5)c(CCc5cc6sc(/C=c7/ccc(=C(C#N)C#N)s7)cc6s5)cc4-c4ccccc4)cc3s2)s1. The van der Waals surface area contributed by atoms with E-state index in [0.29, 0.717) is 9.06 Å². The zero-order valence-electron chi connectivity index (χ0n) is 31.5. The number of rotatable bonds is 9. The van der Waals surface area contributed by atoms with Crippen LogP contribution in [-0.2, 0) is 12.8 Å². The maximum absolute atomic E-state index is 9.25. The van der Waals surface area contributed by atoms with Gasteiger partial charge in [-0.2, -0.15) is 21.0 Å². The van der Waals surface area contributed by atoms with E-state index in [2.05, 4.69) is 121 Å². The van der Waals surface area contributed by atoms with E-state index in [1.165, 1.54) is 84.6 Å². The first-order chi connectivity index (χ1) is 29.5. The summed E-state index contributed by atoms with van der Waals surface area (Å²) in [5, 5.41) is 37.0. The predicted octanol–water partition coefficient (Wildman–Crippen LogP) is 11.7. The Kier molecular flexibility index (Phi) is 11.3. The monoisotopic (exact) mass is 876 g/mol. The molecule has 0 saturated carbocycles. The van der Waals surface area contributed by atoms with Crippen LogP contribution in [0.25, 0.3) is 76.5 Å². The molecule has 0 spiro atoms. The van der Waals surface area contributed by atoms with Crippen molar-refractivity contribution in [2.45, 2.75) is 12.8 Å². The van der Waals surface area contributed by atoms with Crippen molar-refractivity contribution in [2.75, 3.05) is 0 Å². The maximum atomic E-state index is 9.25. The van der Waals surface area contributed by atoms with E-state index in [-0.39, 0.29) is 11.1 Å². The van der Waals surface area contributed by atoms with Gasteiger partial charge in [-0.05, 0) is 125 Å². The van der Waals surface area contributed by atoms with E-state index in [4.69, 9.17) is 0 Å². The second kappa shape index (κ2) is 17.4. The number of fused-ring (bicyclic) bond motifs is 2. The summed E-state index contributed by atoms with van der Waals surface area (Å²) in [6, 6.07) is 50.7. The molecule has 4 nitrogen and oxygen atoms in total. The Bertz CT molecular complexity index is 3450. The molecule has 6 aromatic heterocycles. The van der Waals surface area contributed by atoms with Crippen molar-refractivity contribution in [1.82, 2.24) is 0 Å². The molecule has 0 saturated heterocycles. The summed E-state index contributed by atoms with van der Waals surface area (Å²) in [5.41, 5.74) is 7.62. The maximum Gasteiger partial charge on any atom is 0.146 e.